The predicted molar refractivity (Wildman–Crippen MR) is 96.6 cm³/mol. The van der Waals surface area contributed by atoms with Crippen LogP contribution in [-0.4, -0.2) is 30.6 Å². The molecule has 0 radical (unpaired) electrons. The van der Waals surface area contributed by atoms with Crippen molar-refractivity contribution in [3.63, 3.8) is 0 Å². The van der Waals surface area contributed by atoms with Gasteiger partial charge in [0.15, 0.2) is 0 Å². The summed E-state index contributed by atoms with van der Waals surface area (Å²) in [4.78, 5) is 2.32. The molecule has 1 aliphatic heterocycles. The van der Waals surface area contributed by atoms with Gasteiger partial charge in [-0.2, -0.15) is 0 Å². The molecular weight excluding hydrogens is 258 g/mol. The summed E-state index contributed by atoms with van der Waals surface area (Å²) in [6.45, 7) is 22.2. The van der Waals surface area contributed by atoms with E-state index in [1.165, 1.54) is 5.57 Å². The van der Waals surface area contributed by atoms with Gasteiger partial charge in [-0.1, -0.05) is 60.8 Å². The van der Waals surface area contributed by atoms with E-state index in [-0.39, 0.29) is 5.60 Å². The van der Waals surface area contributed by atoms with Crippen molar-refractivity contribution in [3.05, 3.63) is 36.6 Å². The lowest BCUT2D eigenvalue weighted by Gasteiger charge is -2.30. The Kier molecular flexibility index (Phi) is 13.5. The fourth-order valence-electron chi connectivity index (χ4n) is 2.18. The number of hydrogen-bond donors (Lipinski definition) is 0. The molecule has 21 heavy (non-hydrogen) atoms. The molecule has 0 aromatic heterocycles. The zero-order valence-electron chi connectivity index (χ0n) is 15.5. The van der Waals surface area contributed by atoms with Crippen molar-refractivity contribution in [2.45, 2.75) is 66.4 Å². The maximum Gasteiger partial charge on any atom is 0.122 e. The summed E-state index contributed by atoms with van der Waals surface area (Å²) < 4.78 is 6.11. The third-order valence-corrected chi connectivity index (χ3v) is 3.72. The molecule has 0 bridgehead atoms. The van der Waals surface area contributed by atoms with Gasteiger partial charge in [-0.3, -0.25) is 0 Å². The average molecular weight is 296 g/mol. The topological polar surface area (TPSA) is 12.5 Å². The lowest BCUT2D eigenvalue weighted by atomic mass is 9.90. The lowest BCUT2D eigenvalue weighted by Crippen LogP contribution is -2.33. The molecule has 1 heterocycles. The number of rotatable bonds is 7. The standard InChI is InChI=1S/C15H25NO.2C2H6/c1-6-13-12-15(8-3,17-14(13)7-2)10-11-16(5)9-4;2*1-2/h6-7H,1-2,8-12H2,3-5H3;2*1-2H3. The third-order valence-electron chi connectivity index (χ3n) is 3.72. The first-order valence-corrected chi connectivity index (χ1v) is 8.46. The third kappa shape index (κ3) is 6.99. The van der Waals surface area contributed by atoms with E-state index in [0.717, 1.165) is 38.1 Å². The smallest absolute Gasteiger partial charge is 0.122 e. The molecule has 0 spiro atoms. The molecule has 0 aromatic carbocycles. The number of allylic oxidation sites excluding steroid dienone is 2. The largest absolute Gasteiger partial charge is 0.487 e. The van der Waals surface area contributed by atoms with Crippen LogP contribution in [0.25, 0.3) is 0 Å². The van der Waals surface area contributed by atoms with E-state index in [9.17, 15) is 0 Å². The molecule has 124 valence electrons. The number of nitrogens with zero attached hydrogens (tertiary/aromatic N) is 1. The van der Waals surface area contributed by atoms with Crippen LogP contribution in [-0.2, 0) is 4.74 Å². The van der Waals surface area contributed by atoms with Crippen molar-refractivity contribution in [3.8, 4) is 0 Å². The molecule has 2 heteroatoms. The van der Waals surface area contributed by atoms with Gasteiger partial charge >= 0.3 is 0 Å². The van der Waals surface area contributed by atoms with Gasteiger partial charge in [-0.05, 0) is 31.7 Å². The van der Waals surface area contributed by atoms with Gasteiger partial charge in [0.2, 0.25) is 0 Å². The predicted octanol–water partition coefficient (Wildman–Crippen LogP) is 5.58. The van der Waals surface area contributed by atoms with Crippen LogP contribution in [0.2, 0.25) is 0 Å². The highest BCUT2D eigenvalue weighted by Crippen LogP contribution is 2.39. The van der Waals surface area contributed by atoms with Gasteiger partial charge in [0.25, 0.3) is 0 Å². The second kappa shape index (κ2) is 12.7. The molecule has 0 aliphatic carbocycles. The SMILES string of the molecule is C=CC1=C(C=C)OC(CC)(CCN(C)CC)C1.CC.CC. The highest BCUT2D eigenvalue weighted by molar-refractivity contribution is 5.33. The Balaban J connectivity index is 0. The van der Waals surface area contributed by atoms with E-state index in [2.05, 4.69) is 39.0 Å². The van der Waals surface area contributed by atoms with Crippen LogP contribution in [0.3, 0.4) is 0 Å². The quantitative estimate of drug-likeness (QED) is 0.608. The fraction of sp³-hybridized carbons (Fsp3) is 0.684. The minimum absolute atomic E-state index is 0.0452. The van der Waals surface area contributed by atoms with Gasteiger partial charge in [0.1, 0.15) is 11.4 Å². The summed E-state index contributed by atoms with van der Waals surface area (Å²) in [5, 5.41) is 0. The van der Waals surface area contributed by atoms with Gasteiger partial charge in [0, 0.05) is 19.4 Å². The van der Waals surface area contributed by atoms with Gasteiger partial charge < -0.3 is 9.64 Å². The molecule has 0 fully saturated rings. The average Bonchev–Trinajstić information content (AvgIpc) is 2.95. The Hall–Kier alpha value is -1.02. The first-order chi connectivity index (χ1) is 10.1. The van der Waals surface area contributed by atoms with Gasteiger partial charge in [-0.25, -0.2) is 0 Å². The molecule has 2 nitrogen and oxygen atoms in total. The monoisotopic (exact) mass is 295 g/mol. The maximum absolute atomic E-state index is 6.11. The van der Waals surface area contributed by atoms with Crippen LogP contribution in [0.4, 0.5) is 0 Å². The van der Waals surface area contributed by atoms with Gasteiger partial charge in [-0.15, -0.1) is 0 Å². The summed E-state index contributed by atoms with van der Waals surface area (Å²) in [5.41, 5.74) is 1.15. The normalized spacial score (nSPS) is 20.0. The molecule has 0 saturated carbocycles. The van der Waals surface area contributed by atoms with Crippen LogP contribution >= 0.6 is 0 Å². The second-order valence-corrected chi connectivity index (χ2v) is 4.76. The fourth-order valence-corrected chi connectivity index (χ4v) is 2.18. The molecule has 0 saturated heterocycles. The first kappa shape index (κ1) is 22.3. The van der Waals surface area contributed by atoms with E-state index in [1.807, 2.05) is 33.8 Å². The van der Waals surface area contributed by atoms with E-state index in [1.54, 1.807) is 6.08 Å². The molecule has 1 unspecified atom stereocenters. The summed E-state index contributed by atoms with van der Waals surface area (Å²) in [6.07, 6.45) is 6.75. The van der Waals surface area contributed by atoms with Crippen molar-refractivity contribution in [2.24, 2.45) is 0 Å². The van der Waals surface area contributed by atoms with E-state index in [4.69, 9.17) is 4.74 Å². The highest BCUT2D eigenvalue weighted by Gasteiger charge is 2.37. The Morgan fingerprint density at radius 1 is 1.14 bits per heavy atom. The molecular formula is C19H37NO. The first-order valence-electron chi connectivity index (χ1n) is 8.46. The molecule has 1 atom stereocenters. The molecule has 0 amide bonds. The Labute approximate surface area is 133 Å². The number of ether oxygens (including phenoxy) is 1. The Morgan fingerprint density at radius 3 is 2.05 bits per heavy atom. The summed E-state index contributed by atoms with van der Waals surface area (Å²) in [7, 11) is 2.15. The highest BCUT2D eigenvalue weighted by atomic mass is 16.5. The van der Waals surface area contributed by atoms with E-state index < -0.39 is 0 Å². The van der Waals surface area contributed by atoms with Crippen LogP contribution in [0.5, 0.6) is 0 Å². The van der Waals surface area contributed by atoms with E-state index in [0.29, 0.717) is 0 Å². The summed E-state index contributed by atoms with van der Waals surface area (Å²) in [6, 6.07) is 0. The summed E-state index contributed by atoms with van der Waals surface area (Å²) in [5.74, 6) is 0.918. The maximum atomic E-state index is 6.11. The molecule has 0 aromatic rings. The van der Waals surface area contributed by atoms with Crippen molar-refractivity contribution in [1.82, 2.24) is 4.90 Å². The zero-order chi connectivity index (χ0) is 16.9. The Morgan fingerprint density at radius 2 is 1.71 bits per heavy atom. The minimum atomic E-state index is -0.0452. The van der Waals surface area contributed by atoms with Crippen LogP contribution in [0.1, 0.15) is 60.8 Å². The van der Waals surface area contributed by atoms with Crippen LogP contribution in [0, 0.1) is 0 Å². The molecule has 1 rings (SSSR count). The van der Waals surface area contributed by atoms with Crippen molar-refractivity contribution in [1.29, 1.82) is 0 Å². The van der Waals surface area contributed by atoms with E-state index >= 15 is 0 Å². The lowest BCUT2D eigenvalue weighted by molar-refractivity contribution is 0.0135. The second-order valence-electron chi connectivity index (χ2n) is 4.76. The Bertz CT molecular complexity index is 298. The van der Waals surface area contributed by atoms with Crippen LogP contribution < -0.4 is 0 Å². The van der Waals surface area contributed by atoms with Crippen LogP contribution in [0.15, 0.2) is 36.6 Å². The number of hydrogen-bond acceptors (Lipinski definition) is 2. The van der Waals surface area contributed by atoms with Gasteiger partial charge in [0.05, 0.1) is 0 Å². The molecule has 1 aliphatic rings. The van der Waals surface area contributed by atoms with Crippen molar-refractivity contribution < 1.29 is 4.74 Å². The molecule has 0 N–H and O–H groups in total. The summed E-state index contributed by atoms with van der Waals surface area (Å²) >= 11 is 0. The van der Waals surface area contributed by atoms with Crippen molar-refractivity contribution >= 4 is 0 Å². The van der Waals surface area contributed by atoms with Crippen molar-refractivity contribution in [2.75, 3.05) is 20.1 Å². The zero-order valence-corrected chi connectivity index (χ0v) is 15.5. The minimum Gasteiger partial charge on any atom is -0.487 e.